The molecule has 0 bridgehead atoms. The van der Waals surface area contributed by atoms with Gasteiger partial charge in [-0.2, -0.15) is 0 Å². The van der Waals surface area contributed by atoms with Gasteiger partial charge in [0, 0.05) is 19.7 Å². The van der Waals surface area contributed by atoms with Gasteiger partial charge < -0.3 is 14.6 Å². The molecule has 6 heteroatoms. The van der Waals surface area contributed by atoms with Crippen molar-refractivity contribution >= 4 is 43.4 Å². The first-order chi connectivity index (χ1) is 10.7. The number of amides is 1. The van der Waals surface area contributed by atoms with Crippen LogP contribution in [-0.4, -0.2) is 29.7 Å². The second-order valence-electron chi connectivity index (χ2n) is 5.43. The van der Waals surface area contributed by atoms with E-state index in [0.717, 1.165) is 40.0 Å². The maximum absolute atomic E-state index is 12.4. The average Bonchev–Trinajstić information content (AvgIpc) is 3.03. The van der Waals surface area contributed by atoms with E-state index in [2.05, 4.69) is 38.5 Å². The smallest absolute Gasteiger partial charge is 0.268 e. The van der Waals surface area contributed by atoms with Crippen LogP contribution in [0.4, 0.5) is 0 Å². The summed E-state index contributed by atoms with van der Waals surface area (Å²) in [5, 5.41) is 2.87. The van der Waals surface area contributed by atoms with E-state index in [9.17, 15) is 4.79 Å². The number of hydrogen-bond donors (Lipinski definition) is 1. The van der Waals surface area contributed by atoms with Crippen molar-refractivity contribution in [3.63, 3.8) is 0 Å². The number of halogens is 1. The summed E-state index contributed by atoms with van der Waals surface area (Å²) in [7, 11) is 0. The lowest BCUT2D eigenvalue weighted by molar-refractivity contribution is 0.00638. The van der Waals surface area contributed by atoms with Gasteiger partial charge in [0.25, 0.3) is 5.91 Å². The number of hydrogen-bond acceptors (Lipinski definition) is 3. The van der Waals surface area contributed by atoms with Crippen LogP contribution in [0.15, 0.2) is 28.6 Å². The summed E-state index contributed by atoms with van der Waals surface area (Å²) in [6.07, 6.45) is 5.26. The highest BCUT2D eigenvalue weighted by Crippen LogP contribution is 2.33. The molecule has 1 N–H and O–H groups in total. The second-order valence-corrected chi connectivity index (χ2v) is 7.89. The average molecular weight is 383 g/mol. The van der Waals surface area contributed by atoms with Crippen molar-refractivity contribution in [1.82, 2.24) is 9.88 Å². The highest BCUT2D eigenvalue weighted by atomic mass is 79.9. The Labute approximate surface area is 142 Å². The lowest BCUT2D eigenvalue weighted by Gasteiger charge is -2.24. The first-order valence-electron chi connectivity index (χ1n) is 7.48. The molecule has 1 amide bonds. The summed E-state index contributed by atoms with van der Waals surface area (Å²) in [5.74, 6) is -0.0600. The van der Waals surface area contributed by atoms with Crippen LogP contribution in [0.25, 0.3) is 10.2 Å². The Morgan fingerprint density at radius 3 is 3.14 bits per heavy atom. The number of ether oxygens (including phenoxy) is 1. The minimum atomic E-state index is -0.0600. The maximum Gasteiger partial charge on any atom is 0.268 e. The largest absolute Gasteiger partial charge is 0.376 e. The first kappa shape index (κ1) is 15.8. The Morgan fingerprint density at radius 1 is 1.55 bits per heavy atom. The van der Waals surface area contributed by atoms with Crippen LogP contribution in [-0.2, 0) is 11.3 Å². The lowest BCUT2D eigenvalue weighted by atomic mass is 10.1. The number of carbonyl (C=O) groups excluding carboxylic acids is 1. The molecule has 0 unspecified atom stereocenters. The van der Waals surface area contributed by atoms with Crippen molar-refractivity contribution < 1.29 is 9.53 Å². The molecule has 0 aromatic carbocycles. The molecule has 1 fully saturated rings. The van der Waals surface area contributed by atoms with Crippen LogP contribution >= 0.6 is 27.3 Å². The Bertz CT molecular complexity index is 686. The minimum absolute atomic E-state index is 0.0600. The van der Waals surface area contributed by atoms with Gasteiger partial charge in [0.1, 0.15) is 5.69 Å². The van der Waals surface area contributed by atoms with Gasteiger partial charge in [-0.25, -0.2) is 0 Å². The van der Waals surface area contributed by atoms with E-state index in [1.54, 1.807) is 17.4 Å². The molecule has 1 saturated heterocycles. The van der Waals surface area contributed by atoms with Crippen LogP contribution in [0.3, 0.4) is 0 Å². The number of nitrogens with zero attached hydrogens (tertiary/aromatic N) is 1. The van der Waals surface area contributed by atoms with E-state index in [1.807, 2.05) is 6.07 Å². The van der Waals surface area contributed by atoms with Crippen molar-refractivity contribution in [2.24, 2.45) is 0 Å². The van der Waals surface area contributed by atoms with Gasteiger partial charge in [-0.1, -0.05) is 6.08 Å². The van der Waals surface area contributed by atoms with Gasteiger partial charge in [0.2, 0.25) is 0 Å². The predicted octanol–water partition coefficient (Wildman–Crippen LogP) is 3.95. The van der Waals surface area contributed by atoms with Gasteiger partial charge in [-0.3, -0.25) is 4.79 Å². The van der Waals surface area contributed by atoms with Gasteiger partial charge >= 0.3 is 0 Å². The fourth-order valence-corrected chi connectivity index (χ4v) is 4.37. The van der Waals surface area contributed by atoms with Crippen LogP contribution in [0, 0.1) is 0 Å². The third-order valence-electron chi connectivity index (χ3n) is 3.86. The molecule has 4 nitrogen and oxygen atoms in total. The van der Waals surface area contributed by atoms with E-state index in [4.69, 9.17) is 4.74 Å². The molecule has 3 heterocycles. The molecule has 1 aliphatic rings. The molecule has 22 heavy (non-hydrogen) atoms. The normalized spacial score (nSPS) is 18.5. The topological polar surface area (TPSA) is 43.3 Å². The fraction of sp³-hybridized carbons (Fsp3) is 0.438. The molecule has 0 spiro atoms. The molecule has 0 aliphatic carbocycles. The number of thiophene rings is 1. The van der Waals surface area contributed by atoms with Crippen molar-refractivity contribution in [3.05, 3.63) is 34.3 Å². The zero-order chi connectivity index (χ0) is 15.5. The van der Waals surface area contributed by atoms with E-state index in [-0.39, 0.29) is 12.0 Å². The third-order valence-corrected chi connectivity index (χ3v) is 5.43. The highest BCUT2D eigenvalue weighted by Gasteiger charge is 2.21. The molecular formula is C16H19BrN2O2S. The summed E-state index contributed by atoms with van der Waals surface area (Å²) in [5.41, 5.74) is 1.79. The Kier molecular flexibility index (Phi) is 5.00. The zero-order valence-corrected chi connectivity index (χ0v) is 14.7. The van der Waals surface area contributed by atoms with Gasteiger partial charge in [-0.15, -0.1) is 17.9 Å². The SMILES string of the molecule is C=CCNC(=O)c1cc2sc(Br)cc2n1C[C@H]1CCCCO1. The molecule has 3 rings (SSSR count). The van der Waals surface area contributed by atoms with E-state index in [0.29, 0.717) is 12.2 Å². The second kappa shape index (κ2) is 6.98. The van der Waals surface area contributed by atoms with Crippen molar-refractivity contribution in [2.75, 3.05) is 13.2 Å². The molecule has 0 saturated carbocycles. The minimum Gasteiger partial charge on any atom is -0.376 e. The molecule has 1 atom stereocenters. The summed E-state index contributed by atoms with van der Waals surface area (Å²) in [6, 6.07) is 4.04. The van der Waals surface area contributed by atoms with Gasteiger partial charge in [0.15, 0.2) is 0 Å². The summed E-state index contributed by atoms with van der Waals surface area (Å²) < 4.78 is 10.1. The Hall–Kier alpha value is -1.11. The quantitative estimate of drug-likeness (QED) is 0.795. The van der Waals surface area contributed by atoms with Crippen LogP contribution in [0.1, 0.15) is 29.8 Å². The monoisotopic (exact) mass is 382 g/mol. The number of rotatable bonds is 5. The standard InChI is InChI=1S/C16H19BrN2O2S/c1-2-6-18-16(20)13-8-14-12(9-15(17)22-14)19(13)10-11-5-3-4-7-21-11/h2,8-9,11H,1,3-7,10H2,(H,18,20)/t11-/m1/s1. The molecule has 118 valence electrons. The zero-order valence-electron chi connectivity index (χ0n) is 12.3. The molecule has 2 aromatic rings. The summed E-state index contributed by atoms with van der Waals surface area (Å²) >= 11 is 5.17. The first-order valence-corrected chi connectivity index (χ1v) is 9.09. The number of fused-ring (bicyclic) bond motifs is 1. The van der Waals surface area contributed by atoms with Crippen molar-refractivity contribution in [2.45, 2.75) is 31.9 Å². The van der Waals surface area contributed by atoms with E-state index < -0.39 is 0 Å². The van der Waals surface area contributed by atoms with Crippen LogP contribution in [0.5, 0.6) is 0 Å². The Balaban J connectivity index is 1.92. The Morgan fingerprint density at radius 2 is 2.41 bits per heavy atom. The van der Waals surface area contributed by atoms with Gasteiger partial charge in [-0.05, 0) is 47.3 Å². The molecule has 1 aliphatic heterocycles. The molecular weight excluding hydrogens is 364 g/mol. The molecule has 0 radical (unpaired) electrons. The van der Waals surface area contributed by atoms with Gasteiger partial charge in [0.05, 0.1) is 20.1 Å². The molecule has 2 aromatic heterocycles. The predicted molar refractivity (Wildman–Crippen MR) is 93.6 cm³/mol. The van der Waals surface area contributed by atoms with Crippen molar-refractivity contribution in [3.8, 4) is 0 Å². The lowest BCUT2D eigenvalue weighted by Crippen LogP contribution is -2.29. The summed E-state index contributed by atoms with van der Waals surface area (Å²) in [4.78, 5) is 12.4. The number of nitrogens with one attached hydrogen (secondary N) is 1. The fourth-order valence-electron chi connectivity index (χ4n) is 2.81. The van der Waals surface area contributed by atoms with E-state index in [1.165, 1.54) is 6.42 Å². The number of aromatic nitrogens is 1. The van der Waals surface area contributed by atoms with E-state index >= 15 is 0 Å². The summed E-state index contributed by atoms with van der Waals surface area (Å²) in [6.45, 7) is 5.66. The van der Waals surface area contributed by atoms with Crippen LogP contribution in [0.2, 0.25) is 0 Å². The van der Waals surface area contributed by atoms with Crippen LogP contribution < -0.4 is 5.32 Å². The number of carbonyl (C=O) groups is 1. The maximum atomic E-state index is 12.4. The third kappa shape index (κ3) is 3.29. The van der Waals surface area contributed by atoms with Crippen molar-refractivity contribution in [1.29, 1.82) is 0 Å². The highest BCUT2D eigenvalue weighted by molar-refractivity contribution is 9.11.